The Bertz CT molecular complexity index is 293. The van der Waals surface area contributed by atoms with E-state index in [1.54, 1.807) is 20.8 Å². The van der Waals surface area contributed by atoms with Gasteiger partial charge in [-0.15, -0.1) is 0 Å². The van der Waals surface area contributed by atoms with Crippen molar-refractivity contribution in [2.75, 3.05) is 19.8 Å². The van der Waals surface area contributed by atoms with Crippen molar-refractivity contribution in [1.29, 1.82) is 0 Å². The highest BCUT2D eigenvalue weighted by Crippen LogP contribution is 1.93. The molecular formula is C11H20N2O5. The molecule has 1 atom stereocenters. The Kier molecular flexibility index (Phi) is 8.34. The van der Waals surface area contributed by atoms with E-state index in [2.05, 4.69) is 15.4 Å². The molecule has 18 heavy (non-hydrogen) atoms. The first kappa shape index (κ1) is 16.2. The minimum Gasteiger partial charge on any atom is -0.466 e. The van der Waals surface area contributed by atoms with Crippen LogP contribution >= 0.6 is 0 Å². The third-order valence-corrected chi connectivity index (χ3v) is 1.85. The molecule has 2 amide bonds. The molecule has 0 heterocycles. The SMILES string of the molecule is CCOC(=O)CC(C)NC(=O)CNC(=O)OCC. The minimum atomic E-state index is -0.648. The maximum Gasteiger partial charge on any atom is 0.407 e. The Balaban J connectivity index is 3.80. The molecule has 0 saturated carbocycles. The van der Waals surface area contributed by atoms with Crippen LogP contribution in [0, 0.1) is 0 Å². The molecule has 0 aliphatic rings. The zero-order chi connectivity index (χ0) is 14.0. The van der Waals surface area contributed by atoms with Crippen LogP contribution < -0.4 is 10.6 Å². The standard InChI is InChI=1S/C11H20N2O5/c1-4-17-10(15)6-8(3)13-9(14)7-12-11(16)18-5-2/h8H,4-7H2,1-3H3,(H,12,16)(H,13,14). The Morgan fingerprint density at radius 2 is 1.72 bits per heavy atom. The van der Waals surface area contributed by atoms with Gasteiger partial charge in [-0.05, 0) is 20.8 Å². The van der Waals surface area contributed by atoms with Crippen LogP contribution in [-0.4, -0.2) is 43.8 Å². The molecule has 104 valence electrons. The zero-order valence-corrected chi connectivity index (χ0v) is 10.9. The fraction of sp³-hybridized carbons (Fsp3) is 0.727. The molecule has 0 aromatic rings. The van der Waals surface area contributed by atoms with E-state index in [-0.39, 0.29) is 37.5 Å². The summed E-state index contributed by atoms with van der Waals surface area (Å²) in [6.07, 6.45) is -0.551. The first-order valence-electron chi connectivity index (χ1n) is 5.85. The Morgan fingerprint density at radius 3 is 2.28 bits per heavy atom. The Hall–Kier alpha value is -1.79. The highest BCUT2D eigenvalue weighted by atomic mass is 16.5. The van der Waals surface area contributed by atoms with Gasteiger partial charge in [-0.25, -0.2) is 4.79 Å². The quantitative estimate of drug-likeness (QED) is 0.637. The molecule has 0 spiro atoms. The topological polar surface area (TPSA) is 93.7 Å². The molecule has 0 saturated heterocycles. The summed E-state index contributed by atoms with van der Waals surface area (Å²) in [6.45, 7) is 5.42. The number of alkyl carbamates (subject to hydrolysis) is 1. The van der Waals surface area contributed by atoms with Crippen molar-refractivity contribution in [3.63, 3.8) is 0 Å². The average Bonchev–Trinajstić information content (AvgIpc) is 2.26. The van der Waals surface area contributed by atoms with Crippen LogP contribution in [0.15, 0.2) is 0 Å². The predicted molar refractivity (Wildman–Crippen MR) is 63.9 cm³/mol. The van der Waals surface area contributed by atoms with E-state index in [1.165, 1.54) is 0 Å². The van der Waals surface area contributed by atoms with Gasteiger partial charge >= 0.3 is 12.1 Å². The van der Waals surface area contributed by atoms with Crippen molar-refractivity contribution in [3.05, 3.63) is 0 Å². The second kappa shape index (κ2) is 9.26. The number of hydrogen-bond acceptors (Lipinski definition) is 5. The normalized spacial score (nSPS) is 11.3. The lowest BCUT2D eigenvalue weighted by Gasteiger charge is -2.13. The largest absolute Gasteiger partial charge is 0.466 e. The van der Waals surface area contributed by atoms with Gasteiger partial charge in [0.15, 0.2) is 0 Å². The van der Waals surface area contributed by atoms with Gasteiger partial charge in [-0.2, -0.15) is 0 Å². The summed E-state index contributed by atoms with van der Waals surface area (Å²) >= 11 is 0. The third kappa shape index (κ3) is 8.37. The molecular weight excluding hydrogens is 240 g/mol. The van der Waals surface area contributed by atoms with Crippen molar-refractivity contribution >= 4 is 18.0 Å². The van der Waals surface area contributed by atoms with Gasteiger partial charge in [0.2, 0.25) is 5.91 Å². The van der Waals surface area contributed by atoms with Gasteiger partial charge in [0.1, 0.15) is 6.54 Å². The predicted octanol–water partition coefficient (Wildman–Crippen LogP) is 0.190. The van der Waals surface area contributed by atoms with Gasteiger partial charge in [0.05, 0.1) is 19.6 Å². The molecule has 2 N–H and O–H groups in total. The third-order valence-electron chi connectivity index (χ3n) is 1.85. The summed E-state index contributed by atoms with van der Waals surface area (Å²) in [4.78, 5) is 33.4. The van der Waals surface area contributed by atoms with E-state index >= 15 is 0 Å². The second-order valence-corrected chi connectivity index (χ2v) is 3.55. The number of carbonyl (C=O) groups excluding carboxylic acids is 3. The number of ether oxygens (including phenoxy) is 2. The summed E-state index contributed by atoms with van der Waals surface area (Å²) in [7, 11) is 0. The number of amides is 2. The first-order valence-corrected chi connectivity index (χ1v) is 5.85. The summed E-state index contributed by atoms with van der Waals surface area (Å²) in [5.74, 6) is -0.761. The van der Waals surface area contributed by atoms with Gasteiger partial charge in [-0.3, -0.25) is 9.59 Å². The summed E-state index contributed by atoms with van der Waals surface area (Å²) < 4.78 is 9.33. The molecule has 0 bridgehead atoms. The van der Waals surface area contributed by atoms with Crippen LogP contribution in [0.2, 0.25) is 0 Å². The lowest BCUT2D eigenvalue weighted by molar-refractivity contribution is -0.143. The molecule has 7 heteroatoms. The molecule has 0 aliphatic carbocycles. The molecule has 7 nitrogen and oxygen atoms in total. The van der Waals surface area contributed by atoms with Crippen LogP contribution in [-0.2, 0) is 19.1 Å². The lowest BCUT2D eigenvalue weighted by Crippen LogP contribution is -2.41. The van der Waals surface area contributed by atoms with E-state index in [0.717, 1.165) is 0 Å². The van der Waals surface area contributed by atoms with Crippen LogP contribution in [0.5, 0.6) is 0 Å². The van der Waals surface area contributed by atoms with Gasteiger partial charge in [-0.1, -0.05) is 0 Å². The fourth-order valence-corrected chi connectivity index (χ4v) is 1.18. The molecule has 0 aromatic heterocycles. The van der Waals surface area contributed by atoms with Crippen molar-refractivity contribution < 1.29 is 23.9 Å². The minimum absolute atomic E-state index is 0.0962. The molecule has 0 rings (SSSR count). The molecule has 1 unspecified atom stereocenters. The second-order valence-electron chi connectivity index (χ2n) is 3.55. The number of carbonyl (C=O) groups is 3. The first-order chi connectivity index (χ1) is 8.49. The highest BCUT2D eigenvalue weighted by Gasteiger charge is 2.13. The maximum atomic E-state index is 11.4. The summed E-state index contributed by atoms with van der Waals surface area (Å²) in [6, 6.07) is -0.347. The maximum absolute atomic E-state index is 11.4. The monoisotopic (exact) mass is 260 g/mol. The number of esters is 1. The van der Waals surface area contributed by atoms with Gasteiger partial charge in [0.25, 0.3) is 0 Å². The fourth-order valence-electron chi connectivity index (χ4n) is 1.18. The van der Waals surface area contributed by atoms with E-state index in [9.17, 15) is 14.4 Å². The zero-order valence-electron chi connectivity index (χ0n) is 10.9. The smallest absolute Gasteiger partial charge is 0.407 e. The van der Waals surface area contributed by atoms with Crippen molar-refractivity contribution in [2.24, 2.45) is 0 Å². The van der Waals surface area contributed by atoms with Crippen molar-refractivity contribution in [3.8, 4) is 0 Å². The van der Waals surface area contributed by atoms with Gasteiger partial charge < -0.3 is 20.1 Å². The van der Waals surface area contributed by atoms with E-state index in [0.29, 0.717) is 6.61 Å². The van der Waals surface area contributed by atoms with Crippen molar-refractivity contribution in [1.82, 2.24) is 10.6 Å². The van der Waals surface area contributed by atoms with E-state index < -0.39 is 6.09 Å². The number of nitrogens with one attached hydrogen (secondary N) is 2. The number of hydrogen-bond donors (Lipinski definition) is 2. The lowest BCUT2D eigenvalue weighted by atomic mass is 10.2. The molecule has 0 aromatic carbocycles. The molecule has 0 radical (unpaired) electrons. The van der Waals surface area contributed by atoms with Crippen LogP contribution in [0.4, 0.5) is 4.79 Å². The van der Waals surface area contributed by atoms with Crippen LogP contribution in [0.1, 0.15) is 27.2 Å². The van der Waals surface area contributed by atoms with E-state index in [1.807, 2.05) is 0 Å². The summed E-state index contributed by atoms with van der Waals surface area (Å²) in [5, 5.41) is 4.83. The van der Waals surface area contributed by atoms with Crippen LogP contribution in [0.25, 0.3) is 0 Å². The molecule has 0 aliphatic heterocycles. The Morgan fingerprint density at radius 1 is 1.11 bits per heavy atom. The van der Waals surface area contributed by atoms with Crippen molar-refractivity contribution in [2.45, 2.75) is 33.2 Å². The van der Waals surface area contributed by atoms with Gasteiger partial charge in [0, 0.05) is 6.04 Å². The highest BCUT2D eigenvalue weighted by molar-refractivity contribution is 5.82. The summed E-state index contributed by atoms with van der Waals surface area (Å²) in [5.41, 5.74) is 0. The number of rotatable bonds is 7. The average molecular weight is 260 g/mol. The van der Waals surface area contributed by atoms with Crippen LogP contribution in [0.3, 0.4) is 0 Å². The van der Waals surface area contributed by atoms with E-state index in [4.69, 9.17) is 4.74 Å². The Labute approximate surface area is 106 Å². The molecule has 0 fully saturated rings.